The number of aryl methyl sites for hydroxylation is 2. The largest absolute Gasteiger partial charge is 0.494 e. The minimum Gasteiger partial charge on any atom is -0.494 e. The van der Waals surface area contributed by atoms with Crippen LogP contribution in [0.4, 0.5) is 0 Å². The summed E-state index contributed by atoms with van der Waals surface area (Å²) < 4.78 is 22.7. The number of benzene rings is 3. The Morgan fingerprint density at radius 3 is 2.47 bits per heavy atom. The molecule has 0 saturated carbocycles. The van der Waals surface area contributed by atoms with Gasteiger partial charge in [-0.1, -0.05) is 24.3 Å². The lowest BCUT2D eigenvalue weighted by Gasteiger charge is -2.25. The van der Waals surface area contributed by atoms with Gasteiger partial charge in [-0.3, -0.25) is 9.59 Å². The molecule has 7 nitrogen and oxygen atoms in total. The number of methoxy groups -OCH3 is 2. The van der Waals surface area contributed by atoms with Gasteiger partial charge in [-0.05, 0) is 79.8 Å². The molecule has 2 heterocycles. The van der Waals surface area contributed by atoms with E-state index in [0.717, 1.165) is 22.3 Å². The first-order valence-corrected chi connectivity index (χ1v) is 12.7. The van der Waals surface area contributed by atoms with E-state index >= 15 is 0 Å². The van der Waals surface area contributed by atoms with E-state index in [-0.39, 0.29) is 17.1 Å². The zero-order chi connectivity index (χ0) is 27.0. The van der Waals surface area contributed by atoms with Crippen LogP contribution in [0.5, 0.6) is 17.2 Å². The highest BCUT2D eigenvalue weighted by Gasteiger charge is 2.42. The maximum absolute atomic E-state index is 13.9. The molecule has 196 valence electrons. The van der Waals surface area contributed by atoms with E-state index in [9.17, 15) is 9.59 Å². The average Bonchev–Trinajstić information content (AvgIpc) is 3.20. The van der Waals surface area contributed by atoms with Gasteiger partial charge in [0.2, 0.25) is 5.76 Å². The molecule has 0 fully saturated rings. The predicted octanol–water partition coefficient (Wildman–Crippen LogP) is 5.61. The maximum Gasteiger partial charge on any atom is 0.290 e. The molecule has 5 rings (SSSR count). The number of rotatable bonds is 8. The van der Waals surface area contributed by atoms with Crippen molar-refractivity contribution >= 4 is 16.9 Å². The van der Waals surface area contributed by atoms with Gasteiger partial charge in [0.15, 0.2) is 16.9 Å². The highest BCUT2D eigenvalue weighted by molar-refractivity contribution is 5.99. The van der Waals surface area contributed by atoms with Gasteiger partial charge in [-0.25, -0.2) is 0 Å². The van der Waals surface area contributed by atoms with Crippen molar-refractivity contribution in [2.45, 2.75) is 33.2 Å². The van der Waals surface area contributed by atoms with Crippen molar-refractivity contribution in [1.82, 2.24) is 4.90 Å². The van der Waals surface area contributed by atoms with Crippen LogP contribution in [0.3, 0.4) is 0 Å². The molecule has 0 spiro atoms. The molecule has 7 heteroatoms. The second-order valence-corrected chi connectivity index (χ2v) is 9.48. The summed E-state index contributed by atoms with van der Waals surface area (Å²) in [7, 11) is 3.19. The average molecular weight is 514 g/mol. The molecule has 1 amide bonds. The first-order chi connectivity index (χ1) is 18.4. The molecule has 1 aromatic heterocycles. The van der Waals surface area contributed by atoms with Crippen LogP contribution in [0.25, 0.3) is 11.0 Å². The van der Waals surface area contributed by atoms with E-state index in [2.05, 4.69) is 0 Å². The Morgan fingerprint density at radius 2 is 1.74 bits per heavy atom. The van der Waals surface area contributed by atoms with Crippen LogP contribution in [-0.4, -0.2) is 38.2 Å². The highest BCUT2D eigenvalue weighted by Crippen LogP contribution is 2.40. The molecule has 0 radical (unpaired) electrons. The van der Waals surface area contributed by atoms with Gasteiger partial charge in [0, 0.05) is 6.54 Å². The Kier molecular flexibility index (Phi) is 6.85. The minimum absolute atomic E-state index is 0.105. The number of carbonyl (C=O) groups excluding carboxylic acids is 1. The van der Waals surface area contributed by atoms with Gasteiger partial charge in [0.25, 0.3) is 5.91 Å². The van der Waals surface area contributed by atoms with Crippen LogP contribution in [0.15, 0.2) is 63.8 Å². The Bertz CT molecular complexity index is 1590. The summed E-state index contributed by atoms with van der Waals surface area (Å²) in [5.41, 5.74) is 4.21. The molecule has 1 unspecified atom stereocenters. The normalized spacial score (nSPS) is 14.6. The van der Waals surface area contributed by atoms with Crippen LogP contribution in [0.2, 0.25) is 0 Å². The zero-order valence-corrected chi connectivity index (χ0v) is 22.3. The van der Waals surface area contributed by atoms with Crippen molar-refractivity contribution in [1.29, 1.82) is 0 Å². The molecule has 4 aromatic rings. The minimum atomic E-state index is -0.598. The van der Waals surface area contributed by atoms with Crippen molar-refractivity contribution in [3.63, 3.8) is 0 Å². The van der Waals surface area contributed by atoms with Crippen LogP contribution in [0, 0.1) is 13.8 Å². The fourth-order valence-corrected chi connectivity index (χ4v) is 5.28. The van der Waals surface area contributed by atoms with E-state index in [0.29, 0.717) is 53.4 Å². The van der Waals surface area contributed by atoms with Crippen molar-refractivity contribution < 1.29 is 23.4 Å². The van der Waals surface area contributed by atoms with E-state index in [1.807, 2.05) is 75.4 Å². The van der Waals surface area contributed by atoms with Gasteiger partial charge in [-0.15, -0.1) is 0 Å². The lowest BCUT2D eigenvalue weighted by Crippen LogP contribution is -2.31. The Hall–Kier alpha value is -4.26. The Labute approximate surface area is 221 Å². The molecular weight excluding hydrogens is 482 g/mol. The van der Waals surface area contributed by atoms with Gasteiger partial charge < -0.3 is 23.5 Å². The summed E-state index contributed by atoms with van der Waals surface area (Å²) in [5, 5.41) is 0.488. The molecule has 0 N–H and O–H groups in total. The predicted molar refractivity (Wildman–Crippen MR) is 146 cm³/mol. The molecule has 1 aliphatic rings. The first-order valence-electron chi connectivity index (χ1n) is 12.7. The summed E-state index contributed by atoms with van der Waals surface area (Å²) in [6.45, 7) is 6.64. The standard InChI is InChI=1S/C31H31NO6/c1-6-37-22-9-7-8-21(17-22)27-26-28(33)23-15-18(2)14-19(3)29(23)38-30(26)31(34)32(27)13-12-20-10-11-24(35-4)25(16-20)36-5/h7-11,14-17,27H,6,12-13H2,1-5H3. The fraction of sp³-hybridized carbons (Fsp3) is 0.290. The third-order valence-electron chi connectivity index (χ3n) is 6.97. The topological polar surface area (TPSA) is 78.2 Å². The smallest absolute Gasteiger partial charge is 0.290 e. The maximum atomic E-state index is 13.9. The lowest BCUT2D eigenvalue weighted by atomic mass is 9.97. The molecule has 0 aliphatic carbocycles. The van der Waals surface area contributed by atoms with E-state index in [1.165, 1.54) is 0 Å². The summed E-state index contributed by atoms with van der Waals surface area (Å²) in [4.78, 5) is 29.5. The molecular formula is C31H31NO6. The van der Waals surface area contributed by atoms with Gasteiger partial charge >= 0.3 is 0 Å². The fourth-order valence-electron chi connectivity index (χ4n) is 5.28. The number of hydrogen-bond acceptors (Lipinski definition) is 6. The summed E-state index contributed by atoms with van der Waals surface area (Å²) in [6, 6.07) is 16.5. The number of hydrogen-bond donors (Lipinski definition) is 0. The first kappa shape index (κ1) is 25.4. The lowest BCUT2D eigenvalue weighted by molar-refractivity contribution is 0.0729. The van der Waals surface area contributed by atoms with Gasteiger partial charge in [0.1, 0.15) is 11.3 Å². The highest BCUT2D eigenvalue weighted by atomic mass is 16.5. The second-order valence-electron chi connectivity index (χ2n) is 9.48. The second kappa shape index (κ2) is 10.2. The Balaban J connectivity index is 1.62. The third kappa shape index (κ3) is 4.38. The number of fused-ring (bicyclic) bond motifs is 2. The van der Waals surface area contributed by atoms with Gasteiger partial charge in [-0.2, -0.15) is 0 Å². The number of ether oxygens (including phenoxy) is 3. The molecule has 0 bridgehead atoms. The van der Waals surface area contributed by atoms with E-state index < -0.39 is 6.04 Å². The van der Waals surface area contributed by atoms with Crippen molar-refractivity contribution in [2.75, 3.05) is 27.4 Å². The molecule has 38 heavy (non-hydrogen) atoms. The number of carbonyl (C=O) groups is 1. The van der Waals surface area contributed by atoms with Crippen molar-refractivity contribution in [2.24, 2.45) is 0 Å². The monoisotopic (exact) mass is 513 g/mol. The Morgan fingerprint density at radius 1 is 0.947 bits per heavy atom. The molecule has 0 saturated heterocycles. The molecule has 1 atom stereocenters. The summed E-state index contributed by atoms with van der Waals surface area (Å²) >= 11 is 0. The van der Waals surface area contributed by atoms with Crippen LogP contribution in [-0.2, 0) is 6.42 Å². The van der Waals surface area contributed by atoms with E-state index in [4.69, 9.17) is 18.6 Å². The SMILES string of the molecule is CCOc1cccc(C2c3c(oc4c(C)cc(C)cc4c3=O)C(=O)N2CCc2ccc(OC)c(OC)c2)c1. The van der Waals surface area contributed by atoms with Gasteiger partial charge in [0.05, 0.1) is 37.8 Å². The molecule has 1 aliphatic heterocycles. The summed E-state index contributed by atoms with van der Waals surface area (Å²) in [5.74, 6) is 1.75. The summed E-state index contributed by atoms with van der Waals surface area (Å²) in [6.07, 6.45) is 0.549. The van der Waals surface area contributed by atoms with E-state index in [1.54, 1.807) is 19.1 Å². The number of nitrogens with zero attached hydrogens (tertiary/aromatic N) is 1. The van der Waals surface area contributed by atoms with Crippen LogP contribution < -0.4 is 19.6 Å². The van der Waals surface area contributed by atoms with Crippen molar-refractivity contribution in [3.8, 4) is 17.2 Å². The van der Waals surface area contributed by atoms with Crippen LogP contribution >= 0.6 is 0 Å². The molecule has 3 aromatic carbocycles. The third-order valence-corrected chi connectivity index (χ3v) is 6.97. The zero-order valence-electron chi connectivity index (χ0n) is 22.3. The number of amides is 1. The van der Waals surface area contributed by atoms with Crippen molar-refractivity contribution in [3.05, 3.63) is 98.4 Å². The van der Waals surface area contributed by atoms with Crippen LogP contribution in [0.1, 0.15) is 51.3 Å². The quantitative estimate of drug-likeness (QED) is 0.305.